The van der Waals surface area contributed by atoms with Crippen LogP contribution in [0.4, 0.5) is 5.82 Å². The maximum Gasteiger partial charge on any atom is 0.348 e. The van der Waals surface area contributed by atoms with E-state index in [0.717, 1.165) is 30.7 Å². The van der Waals surface area contributed by atoms with Crippen LogP contribution in [0.2, 0.25) is 0 Å². The number of aromatic nitrogens is 4. The molecule has 31 heavy (non-hydrogen) atoms. The van der Waals surface area contributed by atoms with Crippen LogP contribution in [0, 0.1) is 26.7 Å². The lowest BCUT2D eigenvalue weighted by atomic mass is 9.90. The van der Waals surface area contributed by atoms with Crippen molar-refractivity contribution in [3.63, 3.8) is 0 Å². The molecule has 0 aromatic carbocycles. The molecule has 1 atom stereocenters. The second-order valence-electron chi connectivity index (χ2n) is 8.06. The summed E-state index contributed by atoms with van der Waals surface area (Å²) in [4.78, 5) is 35.5. The first-order chi connectivity index (χ1) is 14.8. The zero-order valence-corrected chi connectivity index (χ0v) is 18.9. The highest BCUT2D eigenvalue weighted by Gasteiger charge is 2.22. The number of hydrogen-bond acceptors (Lipinski definition) is 7. The number of carbonyl (C=O) groups excluding carboxylic acids is 2. The fourth-order valence-electron chi connectivity index (χ4n) is 3.73. The van der Waals surface area contributed by atoms with Crippen LogP contribution >= 0.6 is 11.3 Å². The molecule has 0 aliphatic heterocycles. The summed E-state index contributed by atoms with van der Waals surface area (Å²) in [7, 11) is 0. The topological polar surface area (TPSA) is 99.0 Å². The standard InChI is InChI=1S/C22H25N5O3S/c1-12-5-6-17-16(7-12)10-18(31-17)21(29)30-11-20(28)25-19-9-15(4)26-27(19)22-23-13(2)8-14(3)24-22/h8-10,12H,5-7,11H2,1-4H3,(H,25,28). The molecule has 0 bridgehead atoms. The van der Waals surface area contributed by atoms with Crippen molar-refractivity contribution in [2.45, 2.75) is 47.0 Å². The van der Waals surface area contributed by atoms with Gasteiger partial charge < -0.3 is 10.1 Å². The number of nitrogens with zero attached hydrogens (tertiary/aromatic N) is 4. The van der Waals surface area contributed by atoms with Crippen molar-refractivity contribution in [1.29, 1.82) is 0 Å². The molecule has 1 aliphatic carbocycles. The number of aryl methyl sites for hydroxylation is 4. The normalized spacial score (nSPS) is 15.4. The van der Waals surface area contributed by atoms with Gasteiger partial charge in [-0.25, -0.2) is 14.8 Å². The third-order valence-corrected chi connectivity index (χ3v) is 6.34. The van der Waals surface area contributed by atoms with Gasteiger partial charge in [-0.15, -0.1) is 11.3 Å². The summed E-state index contributed by atoms with van der Waals surface area (Å²) < 4.78 is 6.73. The van der Waals surface area contributed by atoms with E-state index in [0.29, 0.717) is 28.3 Å². The van der Waals surface area contributed by atoms with Crippen LogP contribution in [-0.2, 0) is 22.4 Å². The highest BCUT2D eigenvalue weighted by atomic mass is 32.1. The maximum absolute atomic E-state index is 12.4. The largest absolute Gasteiger partial charge is 0.451 e. The average molecular weight is 440 g/mol. The minimum atomic E-state index is -0.468. The molecule has 1 N–H and O–H groups in total. The number of thiophene rings is 1. The first kappa shape index (κ1) is 21.2. The van der Waals surface area contributed by atoms with E-state index in [2.05, 4.69) is 27.3 Å². The van der Waals surface area contributed by atoms with Gasteiger partial charge in [0.15, 0.2) is 6.61 Å². The summed E-state index contributed by atoms with van der Waals surface area (Å²) in [6.45, 7) is 7.40. The smallest absolute Gasteiger partial charge is 0.348 e. The molecule has 1 unspecified atom stereocenters. The molecule has 0 saturated carbocycles. The molecule has 1 aliphatic rings. The molecule has 0 saturated heterocycles. The Bertz CT molecular complexity index is 1130. The van der Waals surface area contributed by atoms with Crippen LogP contribution in [-0.4, -0.2) is 38.2 Å². The Kier molecular flexibility index (Phi) is 5.86. The highest BCUT2D eigenvalue weighted by molar-refractivity contribution is 7.14. The van der Waals surface area contributed by atoms with Crippen molar-refractivity contribution in [1.82, 2.24) is 19.7 Å². The lowest BCUT2D eigenvalue weighted by Gasteiger charge is -2.16. The van der Waals surface area contributed by atoms with Crippen LogP contribution in [0.15, 0.2) is 18.2 Å². The summed E-state index contributed by atoms with van der Waals surface area (Å²) in [5, 5.41) is 7.11. The molecule has 162 valence electrons. The Labute approximate surface area is 184 Å². The fourth-order valence-corrected chi connectivity index (χ4v) is 4.83. The molecule has 0 radical (unpaired) electrons. The van der Waals surface area contributed by atoms with E-state index in [1.54, 1.807) is 6.07 Å². The molecule has 0 spiro atoms. The van der Waals surface area contributed by atoms with Crippen LogP contribution in [0.25, 0.3) is 5.95 Å². The number of rotatable bonds is 5. The van der Waals surface area contributed by atoms with E-state index in [4.69, 9.17) is 4.74 Å². The van der Waals surface area contributed by atoms with Crippen LogP contribution in [0.1, 0.15) is 50.5 Å². The van der Waals surface area contributed by atoms with E-state index in [9.17, 15) is 9.59 Å². The summed E-state index contributed by atoms with van der Waals surface area (Å²) in [6, 6.07) is 5.49. The number of fused-ring (bicyclic) bond motifs is 1. The van der Waals surface area contributed by atoms with Crippen molar-refractivity contribution in [2.24, 2.45) is 5.92 Å². The Hall–Kier alpha value is -3.07. The van der Waals surface area contributed by atoms with Gasteiger partial charge in [-0.3, -0.25) is 4.79 Å². The summed E-state index contributed by atoms with van der Waals surface area (Å²) in [6.07, 6.45) is 3.13. The number of ether oxygens (including phenoxy) is 1. The van der Waals surface area contributed by atoms with Crippen molar-refractivity contribution in [3.05, 3.63) is 50.6 Å². The van der Waals surface area contributed by atoms with Crippen molar-refractivity contribution in [2.75, 3.05) is 11.9 Å². The second-order valence-corrected chi connectivity index (χ2v) is 9.20. The van der Waals surface area contributed by atoms with Gasteiger partial charge in [0.1, 0.15) is 10.7 Å². The average Bonchev–Trinajstić information content (AvgIpc) is 3.28. The SMILES string of the molecule is Cc1cc(C)nc(-n2nc(C)cc2NC(=O)COC(=O)c2cc3c(s2)CCC(C)C3)n1. The zero-order valence-electron chi connectivity index (χ0n) is 18.1. The van der Waals surface area contributed by atoms with Crippen LogP contribution in [0.5, 0.6) is 0 Å². The number of anilines is 1. The predicted octanol–water partition coefficient (Wildman–Crippen LogP) is 3.57. The first-order valence-electron chi connectivity index (χ1n) is 10.3. The number of amides is 1. The van der Waals surface area contributed by atoms with E-state index in [-0.39, 0.29) is 6.61 Å². The van der Waals surface area contributed by atoms with Gasteiger partial charge in [0.2, 0.25) is 0 Å². The number of carbonyl (C=O) groups is 2. The third kappa shape index (κ3) is 4.82. The summed E-state index contributed by atoms with van der Waals surface area (Å²) in [5.74, 6) is 0.505. The summed E-state index contributed by atoms with van der Waals surface area (Å²) >= 11 is 1.47. The Morgan fingerprint density at radius 1 is 1.16 bits per heavy atom. The minimum absolute atomic E-state index is 0.372. The quantitative estimate of drug-likeness (QED) is 0.610. The monoisotopic (exact) mass is 439 g/mol. The third-order valence-electron chi connectivity index (χ3n) is 5.12. The minimum Gasteiger partial charge on any atom is -0.451 e. The number of hydrogen-bond donors (Lipinski definition) is 1. The van der Waals surface area contributed by atoms with E-state index in [1.807, 2.05) is 32.9 Å². The van der Waals surface area contributed by atoms with Gasteiger partial charge >= 0.3 is 5.97 Å². The van der Waals surface area contributed by atoms with Gasteiger partial charge in [0.05, 0.1) is 5.69 Å². The number of nitrogens with one attached hydrogen (secondary N) is 1. The Morgan fingerprint density at radius 3 is 2.65 bits per heavy atom. The second kappa shape index (κ2) is 8.58. The lowest BCUT2D eigenvalue weighted by molar-refractivity contribution is -0.119. The summed E-state index contributed by atoms with van der Waals surface area (Å²) in [5.41, 5.74) is 3.53. The molecule has 9 heteroatoms. The van der Waals surface area contributed by atoms with Gasteiger partial charge in [0.25, 0.3) is 11.9 Å². The van der Waals surface area contributed by atoms with E-state index in [1.165, 1.54) is 26.5 Å². The van der Waals surface area contributed by atoms with Gasteiger partial charge in [-0.2, -0.15) is 9.78 Å². The molecular formula is C22H25N5O3S. The van der Waals surface area contributed by atoms with Crippen molar-refractivity contribution in [3.8, 4) is 5.95 Å². The van der Waals surface area contributed by atoms with Crippen LogP contribution in [0.3, 0.4) is 0 Å². The van der Waals surface area contributed by atoms with Crippen LogP contribution < -0.4 is 5.32 Å². The molecule has 8 nitrogen and oxygen atoms in total. The Morgan fingerprint density at radius 2 is 1.90 bits per heavy atom. The first-order valence-corrected chi connectivity index (χ1v) is 11.1. The molecule has 0 fully saturated rings. The molecule has 3 aromatic heterocycles. The van der Waals surface area contributed by atoms with Gasteiger partial charge in [-0.05, 0) is 63.6 Å². The van der Waals surface area contributed by atoms with Crippen molar-refractivity contribution >= 4 is 29.0 Å². The Balaban J connectivity index is 1.41. The number of esters is 1. The molecule has 4 rings (SSSR count). The fraction of sp³-hybridized carbons (Fsp3) is 0.409. The maximum atomic E-state index is 12.4. The van der Waals surface area contributed by atoms with Gasteiger partial charge in [0, 0.05) is 22.3 Å². The molecule has 1 amide bonds. The highest BCUT2D eigenvalue weighted by Crippen LogP contribution is 2.32. The molecule has 3 heterocycles. The van der Waals surface area contributed by atoms with E-state index >= 15 is 0 Å². The zero-order chi connectivity index (χ0) is 22.1. The van der Waals surface area contributed by atoms with Gasteiger partial charge in [-0.1, -0.05) is 6.92 Å². The predicted molar refractivity (Wildman–Crippen MR) is 118 cm³/mol. The lowest BCUT2D eigenvalue weighted by Crippen LogP contribution is -2.22. The van der Waals surface area contributed by atoms with E-state index < -0.39 is 11.9 Å². The van der Waals surface area contributed by atoms with Crippen molar-refractivity contribution < 1.29 is 14.3 Å². The molecule has 3 aromatic rings. The molecular weight excluding hydrogens is 414 g/mol.